The lowest BCUT2D eigenvalue weighted by molar-refractivity contribution is 0.103. The maximum absolute atomic E-state index is 12.7. The molecule has 19 heavy (non-hydrogen) atoms. The van der Waals surface area contributed by atoms with Gasteiger partial charge in [0.1, 0.15) is 0 Å². The fourth-order valence-electron chi connectivity index (χ4n) is 2.55. The van der Waals surface area contributed by atoms with Gasteiger partial charge in [0.05, 0.1) is 0 Å². The molecule has 2 rings (SSSR count). The Morgan fingerprint density at radius 1 is 0.842 bits per heavy atom. The van der Waals surface area contributed by atoms with E-state index in [9.17, 15) is 4.79 Å². The predicted octanol–water partition coefficient (Wildman–Crippen LogP) is 4.91. The Kier molecular flexibility index (Phi) is 3.91. The highest BCUT2D eigenvalue weighted by atomic mass is 79.9. The summed E-state index contributed by atoms with van der Waals surface area (Å²) >= 11 is 3.45. The molecule has 2 heteroatoms. The van der Waals surface area contributed by atoms with Crippen LogP contribution in [0, 0.1) is 27.7 Å². The van der Waals surface area contributed by atoms with Crippen molar-refractivity contribution in [2.24, 2.45) is 0 Å². The molecule has 1 nitrogen and oxygen atoms in total. The Bertz CT molecular complexity index is 613. The minimum absolute atomic E-state index is 0.0967. The molecule has 0 fully saturated rings. The molecule has 2 aromatic carbocycles. The number of carbonyl (C=O) groups is 1. The first-order valence-corrected chi connectivity index (χ1v) is 7.07. The van der Waals surface area contributed by atoms with Crippen LogP contribution in [0.1, 0.15) is 38.2 Å². The van der Waals surface area contributed by atoms with Crippen molar-refractivity contribution in [2.45, 2.75) is 27.7 Å². The van der Waals surface area contributed by atoms with E-state index >= 15 is 0 Å². The highest BCUT2D eigenvalue weighted by Gasteiger charge is 2.15. The third-order valence-corrected chi connectivity index (χ3v) is 3.67. The number of hydrogen-bond donors (Lipinski definition) is 0. The van der Waals surface area contributed by atoms with Crippen molar-refractivity contribution in [1.29, 1.82) is 0 Å². The summed E-state index contributed by atoms with van der Waals surface area (Å²) in [5.74, 6) is 0.0967. The number of halogens is 1. The van der Waals surface area contributed by atoms with E-state index in [4.69, 9.17) is 0 Å². The Morgan fingerprint density at radius 3 is 1.89 bits per heavy atom. The minimum atomic E-state index is 0.0967. The smallest absolute Gasteiger partial charge is 0.193 e. The molecule has 0 atom stereocenters. The van der Waals surface area contributed by atoms with Crippen molar-refractivity contribution in [1.82, 2.24) is 0 Å². The van der Waals surface area contributed by atoms with Crippen LogP contribution in [0.5, 0.6) is 0 Å². The van der Waals surface area contributed by atoms with Crippen molar-refractivity contribution in [3.8, 4) is 0 Å². The third kappa shape index (κ3) is 2.95. The Morgan fingerprint density at radius 2 is 1.37 bits per heavy atom. The van der Waals surface area contributed by atoms with E-state index in [1.54, 1.807) is 0 Å². The summed E-state index contributed by atoms with van der Waals surface area (Å²) in [4.78, 5) is 12.7. The highest BCUT2D eigenvalue weighted by molar-refractivity contribution is 9.10. The fraction of sp³-hybridized carbons (Fsp3) is 0.235. The Hall–Kier alpha value is -1.41. The van der Waals surface area contributed by atoms with Gasteiger partial charge in [-0.2, -0.15) is 0 Å². The maximum Gasteiger partial charge on any atom is 0.193 e. The van der Waals surface area contributed by atoms with Gasteiger partial charge in [-0.25, -0.2) is 0 Å². The lowest BCUT2D eigenvalue weighted by atomic mass is 9.93. The first-order valence-electron chi connectivity index (χ1n) is 6.28. The van der Waals surface area contributed by atoms with E-state index in [1.165, 1.54) is 5.56 Å². The first kappa shape index (κ1) is 14.0. The van der Waals surface area contributed by atoms with E-state index in [1.807, 2.05) is 39.0 Å². The minimum Gasteiger partial charge on any atom is -0.289 e. The van der Waals surface area contributed by atoms with Gasteiger partial charge < -0.3 is 0 Å². The van der Waals surface area contributed by atoms with Crippen molar-refractivity contribution >= 4 is 21.7 Å². The van der Waals surface area contributed by atoms with Crippen LogP contribution in [-0.2, 0) is 0 Å². The highest BCUT2D eigenvalue weighted by Crippen LogP contribution is 2.23. The van der Waals surface area contributed by atoms with Crippen LogP contribution in [0.4, 0.5) is 0 Å². The van der Waals surface area contributed by atoms with Crippen LogP contribution in [0.2, 0.25) is 0 Å². The van der Waals surface area contributed by atoms with Crippen LogP contribution >= 0.6 is 15.9 Å². The quantitative estimate of drug-likeness (QED) is 0.719. The molecule has 2 aromatic rings. The normalized spacial score (nSPS) is 10.6. The zero-order valence-electron chi connectivity index (χ0n) is 11.7. The Labute approximate surface area is 122 Å². The molecule has 0 saturated carbocycles. The second-order valence-corrected chi connectivity index (χ2v) is 6.04. The molecule has 0 aliphatic carbocycles. The zero-order valence-corrected chi connectivity index (χ0v) is 13.3. The van der Waals surface area contributed by atoms with Crippen molar-refractivity contribution in [3.05, 3.63) is 68.2 Å². The van der Waals surface area contributed by atoms with Gasteiger partial charge >= 0.3 is 0 Å². The van der Waals surface area contributed by atoms with Crippen LogP contribution in [-0.4, -0.2) is 5.78 Å². The van der Waals surface area contributed by atoms with E-state index in [2.05, 4.69) is 35.0 Å². The average Bonchev–Trinajstić information content (AvgIpc) is 2.25. The van der Waals surface area contributed by atoms with E-state index in [0.717, 1.165) is 32.3 Å². The lowest BCUT2D eigenvalue weighted by Crippen LogP contribution is -2.07. The monoisotopic (exact) mass is 316 g/mol. The van der Waals surface area contributed by atoms with Gasteiger partial charge in [0, 0.05) is 15.6 Å². The topological polar surface area (TPSA) is 17.1 Å². The van der Waals surface area contributed by atoms with Crippen LogP contribution in [0.25, 0.3) is 0 Å². The van der Waals surface area contributed by atoms with E-state index in [0.29, 0.717) is 0 Å². The molecule has 0 aliphatic rings. The van der Waals surface area contributed by atoms with Gasteiger partial charge in [-0.1, -0.05) is 33.6 Å². The second kappa shape index (κ2) is 5.30. The summed E-state index contributed by atoms with van der Waals surface area (Å²) < 4.78 is 0.943. The number of benzene rings is 2. The molecule has 98 valence electrons. The SMILES string of the molecule is Cc1cc(Br)cc(C(=O)c2c(C)cc(C)cc2C)c1. The number of aryl methyl sites for hydroxylation is 4. The molecular formula is C17H17BrO. The van der Waals surface area contributed by atoms with Crippen LogP contribution < -0.4 is 0 Å². The largest absolute Gasteiger partial charge is 0.289 e. The van der Waals surface area contributed by atoms with Crippen molar-refractivity contribution in [2.75, 3.05) is 0 Å². The molecule has 0 saturated heterocycles. The van der Waals surface area contributed by atoms with E-state index < -0.39 is 0 Å². The molecule has 0 radical (unpaired) electrons. The summed E-state index contributed by atoms with van der Waals surface area (Å²) in [6.45, 7) is 8.05. The molecule has 0 amide bonds. The van der Waals surface area contributed by atoms with Gasteiger partial charge in [-0.05, 0) is 62.6 Å². The van der Waals surface area contributed by atoms with Gasteiger partial charge in [0.15, 0.2) is 5.78 Å². The van der Waals surface area contributed by atoms with Crippen molar-refractivity contribution < 1.29 is 4.79 Å². The molecule has 0 N–H and O–H groups in total. The third-order valence-electron chi connectivity index (χ3n) is 3.21. The molecule has 0 aromatic heterocycles. The predicted molar refractivity (Wildman–Crippen MR) is 83.0 cm³/mol. The molecule has 0 unspecified atom stereocenters. The van der Waals surface area contributed by atoms with Crippen LogP contribution in [0.15, 0.2) is 34.8 Å². The molecular weight excluding hydrogens is 300 g/mol. The number of carbonyl (C=O) groups excluding carboxylic acids is 1. The number of ketones is 1. The van der Waals surface area contributed by atoms with Gasteiger partial charge in [-0.15, -0.1) is 0 Å². The van der Waals surface area contributed by atoms with Gasteiger partial charge in [0.2, 0.25) is 0 Å². The lowest BCUT2D eigenvalue weighted by Gasteiger charge is -2.11. The van der Waals surface area contributed by atoms with Gasteiger partial charge in [-0.3, -0.25) is 4.79 Å². The first-order chi connectivity index (χ1) is 8.88. The summed E-state index contributed by atoms with van der Waals surface area (Å²) in [5.41, 5.74) is 5.92. The molecule has 0 spiro atoms. The molecule has 0 heterocycles. The number of hydrogen-bond acceptors (Lipinski definition) is 1. The second-order valence-electron chi connectivity index (χ2n) is 5.12. The summed E-state index contributed by atoms with van der Waals surface area (Å²) in [5, 5.41) is 0. The maximum atomic E-state index is 12.7. The van der Waals surface area contributed by atoms with E-state index in [-0.39, 0.29) is 5.78 Å². The summed E-state index contributed by atoms with van der Waals surface area (Å²) in [6, 6.07) is 9.95. The standard InChI is InChI=1S/C17H17BrO/c1-10-5-12(3)16(13(4)6-10)17(19)14-7-11(2)8-15(18)9-14/h5-9H,1-4H3. The van der Waals surface area contributed by atoms with Gasteiger partial charge in [0.25, 0.3) is 0 Å². The average molecular weight is 317 g/mol. The summed E-state index contributed by atoms with van der Waals surface area (Å²) in [7, 11) is 0. The van der Waals surface area contributed by atoms with Crippen molar-refractivity contribution in [3.63, 3.8) is 0 Å². The van der Waals surface area contributed by atoms with Crippen LogP contribution in [0.3, 0.4) is 0 Å². The zero-order chi connectivity index (χ0) is 14.2. The number of rotatable bonds is 2. The molecule has 0 aliphatic heterocycles. The summed E-state index contributed by atoms with van der Waals surface area (Å²) in [6.07, 6.45) is 0. The molecule has 0 bridgehead atoms. The fourth-order valence-corrected chi connectivity index (χ4v) is 3.16. The Balaban J connectivity index is 2.56.